The van der Waals surface area contributed by atoms with Crippen LogP contribution in [-0.4, -0.2) is 87.4 Å². The molecule has 0 aliphatic heterocycles. The Hall–Kier alpha value is -3.27. The molecule has 0 heterocycles. The molecule has 0 radical (unpaired) electrons. The fraction of sp³-hybridized carbons (Fsp3) is 0.766. The molecule has 0 aromatic carbocycles. The van der Waals surface area contributed by atoms with Gasteiger partial charge < -0.3 is 28.5 Å². The van der Waals surface area contributed by atoms with Gasteiger partial charge in [-0.2, -0.15) is 0 Å². The molecular weight excluding hydrogens is 911 g/mol. The van der Waals surface area contributed by atoms with Crippen molar-refractivity contribution in [2.24, 2.45) is 0 Å². The molecule has 9 nitrogen and oxygen atoms in total. The molecular formula is C64H114NO8+. The fourth-order valence-corrected chi connectivity index (χ4v) is 8.37. The highest BCUT2D eigenvalue weighted by Gasteiger charge is 2.25. The predicted octanol–water partition coefficient (Wildman–Crippen LogP) is 17.8. The van der Waals surface area contributed by atoms with Gasteiger partial charge in [-0.1, -0.05) is 254 Å². The van der Waals surface area contributed by atoms with Gasteiger partial charge in [-0.3, -0.25) is 9.59 Å². The summed E-state index contributed by atoms with van der Waals surface area (Å²) in [4.78, 5) is 37.4. The molecule has 2 unspecified atom stereocenters. The number of aliphatic carboxylic acids is 1. The lowest BCUT2D eigenvalue weighted by Gasteiger charge is -2.25. The number of nitrogens with zero attached hydrogens (tertiary/aromatic N) is 1. The zero-order chi connectivity index (χ0) is 53.4. The van der Waals surface area contributed by atoms with Gasteiger partial charge in [0.25, 0.3) is 6.29 Å². The Bertz CT molecular complexity index is 1420. The Morgan fingerprint density at radius 2 is 0.781 bits per heavy atom. The van der Waals surface area contributed by atoms with Crippen molar-refractivity contribution in [1.29, 1.82) is 0 Å². The number of quaternary nitrogens is 1. The van der Waals surface area contributed by atoms with Crippen LogP contribution in [0.4, 0.5) is 0 Å². The van der Waals surface area contributed by atoms with Crippen LogP contribution >= 0.6 is 0 Å². The molecule has 0 rings (SSSR count). The minimum Gasteiger partial charge on any atom is -0.477 e. The molecule has 0 aliphatic carbocycles. The highest BCUT2D eigenvalue weighted by Crippen LogP contribution is 2.17. The first-order valence-corrected chi connectivity index (χ1v) is 30.1. The number of unbranched alkanes of at least 4 members (excludes halogenated alkanes) is 28. The number of carboxylic acids is 1. The van der Waals surface area contributed by atoms with E-state index in [1.54, 1.807) is 0 Å². The lowest BCUT2D eigenvalue weighted by Crippen LogP contribution is -2.40. The third-order valence-electron chi connectivity index (χ3n) is 13.0. The standard InChI is InChI=1S/C64H113NO8/c1-6-8-10-12-14-16-18-20-21-22-23-24-25-26-27-28-29-30-31-32-33-34-35-36-37-38-39-40-41-43-45-47-49-51-53-55-62(67)73-60(59-72-64(63(68)69)70-57-56-65(3,4)5)58-71-61(66)54-52-50-48-46-44-42-19-17-15-13-11-9-7-2/h8,10,14,16,20-21,23-24,26-27,29-30,60,64H,6-7,9,11-13,15,17-19,22,25,28,31-59H2,1-5H3/p+1/b10-8-,16-14-,21-20-,24-23-,27-26-,30-29-. The predicted molar refractivity (Wildman–Crippen MR) is 309 cm³/mol. The van der Waals surface area contributed by atoms with E-state index in [4.69, 9.17) is 18.9 Å². The summed E-state index contributed by atoms with van der Waals surface area (Å²) in [6.45, 7) is 4.78. The molecule has 73 heavy (non-hydrogen) atoms. The number of carbonyl (C=O) groups excluding carboxylic acids is 2. The van der Waals surface area contributed by atoms with E-state index in [1.165, 1.54) is 154 Å². The zero-order valence-corrected chi connectivity index (χ0v) is 48.0. The largest absolute Gasteiger partial charge is 0.477 e. The smallest absolute Gasteiger partial charge is 0.361 e. The van der Waals surface area contributed by atoms with E-state index in [2.05, 4.69) is 86.8 Å². The molecule has 0 aromatic rings. The van der Waals surface area contributed by atoms with Crippen molar-refractivity contribution in [3.8, 4) is 0 Å². The maximum absolute atomic E-state index is 12.9. The number of carboxylic acid groups (broad SMARTS) is 1. The summed E-state index contributed by atoms with van der Waals surface area (Å²) in [6, 6.07) is 0. The summed E-state index contributed by atoms with van der Waals surface area (Å²) in [7, 11) is 5.97. The number of ether oxygens (including phenoxy) is 4. The fourth-order valence-electron chi connectivity index (χ4n) is 8.37. The van der Waals surface area contributed by atoms with Gasteiger partial charge in [0.05, 0.1) is 34.4 Å². The lowest BCUT2D eigenvalue weighted by atomic mass is 10.0. The Kier molecular flexibility index (Phi) is 52.5. The first-order valence-electron chi connectivity index (χ1n) is 30.1. The van der Waals surface area contributed by atoms with Crippen LogP contribution in [0.15, 0.2) is 72.9 Å². The third-order valence-corrected chi connectivity index (χ3v) is 13.0. The maximum atomic E-state index is 12.9. The molecule has 2 atom stereocenters. The van der Waals surface area contributed by atoms with E-state index >= 15 is 0 Å². The maximum Gasteiger partial charge on any atom is 0.361 e. The molecule has 0 aromatic heterocycles. The molecule has 0 saturated carbocycles. The first kappa shape index (κ1) is 69.7. The third kappa shape index (κ3) is 56.3. The number of hydrogen-bond donors (Lipinski definition) is 1. The summed E-state index contributed by atoms with van der Waals surface area (Å²) in [6.07, 6.45) is 68.5. The Morgan fingerprint density at radius 1 is 0.425 bits per heavy atom. The van der Waals surface area contributed by atoms with Crippen LogP contribution in [-0.2, 0) is 33.3 Å². The van der Waals surface area contributed by atoms with Crippen LogP contribution in [0, 0.1) is 0 Å². The number of carbonyl (C=O) groups is 3. The molecule has 0 spiro atoms. The average molecular weight is 1030 g/mol. The Labute approximate surface area is 449 Å². The van der Waals surface area contributed by atoms with Gasteiger partial charge in [0, 0.05) is 12.8 Å². The SMILES string of the molecule is CC/C=C\C/C=C\C/C=C\C/C=C\C/C=C\C/C=C\CCCCCCCCCCCCCCCCCCC(=O)OC(COC(=O)CCCCCCCCCCCCCCC)COC(OCC[N+](C)(C)C)C(=O)O. The molecule has 1 N–H and O–H groups in total. The topological polar surface area (TPSA) is 108 Å². The summed E-state index contributed by atoms with van der Waals surface area (Å²) in [5, 5.41) is 9.69. The summed E-state index contributed by atoms with van der Waals surface area (Å²) in [5.74, 6) is -1.99. The molecule has 0 bridgehead atoms. The van der Waals surface area contributed by atoms with Gasteiger partial charge in [0.2, 0.25) is 0 Å². The van der Waals surface area contributed by atoms with E-state index in [1.807, 2.05) is 21.1 Å². The molecule has 0 aliphatic rings. The quantitative estimate of drug-likeness (QED) is 0.0211. The minimum atomic E-state index is -1.51. The Morgan fingerprint density at radius 3 is 1.16 bits per heavy atom. The molecule has 0 amide bonds. The molecule has 9 heteroatoms. The highest BCUT2D eigenvalue weighted by atomic mass is 16.7. The molecule has 422 valence electrons. The van der Waals surface area contributed by atoms with Crippen molar-refractivity contribution in [3.63, 3.8) is 0 Å². The van der Waals surface area contributed by atoms with Crippen molar-refractivity contribution >= 4 is 17.9 Å². The van der Waals surface area contributed by atoms with Gasteiger partial charge in [-0.05, 0) is 64.2 Å². The number of allylic oxidation sites excluding steroid dienone is 12. The van der Waals surface area contributed by atoms with E-state index in [-0.39, 0.29) is 32.2 Å². The second-order valence-electron chi connectivity index (χ2n) is 21.3. The van der Waals surface area contributed by atoms with Crippen molar-refractivity contribution in [1.82, 2.24) is 0 Å². The van der Waals surface area contributed by atoms with Crippen molar-refractivity contribution in [2.45, 2.75) is 270 Å². The van der Waals surface area contributed by atoms with Crippen LogP contribution < -0.4 is 0 Å². The van der Waals surface area contributed by atoms with Crippen molar-refractivity contribution in [3.05, 3.63) is 72.9 Å². The molecule has 0 saturated heterocycles. The van der Waals surface area contributed by atoms with Gasteiger partial charge in [0.1, 0.15) is 13.2 Å². The average Bonchev–Trinajstić information content (AvgIpc) is 3.36. The van der Waals surface area contributed by atoms with E-state index in [0.29, 0.717) is 17.4 Å². The van der Waals surface area contributed by atoms with Gasteiger partial charge in [-0.25, -0.2) is 4.79 Å². The number of hydrogen-bond acceptors (Lipinski definition) is 7. The normalized spacial score (nSPS) is 13.3. The second-order valence-corrected chi connectivity index (χ2v) is 21.3. The van der Waals surface area contributed by atoms with E-state index in [0.717, 1.165) is 77.0 Å². The number of likely N-dealkylation sites (N-methyl/N-ethyl adjacent to an activating group) is 1. The van der Waals surface area contributed by atoms with E-state index in [9.17, 15) is 19.5 Å². The van der Waals surface area contributed by atoms with Crippen LogP contribution in [0.2, 0.25) is 0 Å². The van der Waals surface area contributed by atoms with Gasteiger partial charge >= 0.3 is 17.9 Å². The van der Waals surface area contributed by atoms with E-state index < -0.39 is 24.3 Å². The minimum absolute atomic E-state index is 0.179. The Balaban J connectivity index is 4.07. The van der Waals surface area contributed by atoms with Crippen molar-refractivity contribution in [2.75, 3.05) is 47.5 Å². The summed E-state index contributed by atoms with van der Waals surface area (Å²) in [5.41, 5.74) is 0. The first-order chi connectivity index (χ1) is 35.6. The van der Waals surface area contributed by atoms with Crippen LogP contribution in [0.5, 0.6) is 0 Å². The second kappa shape index (κ2) is 55.0. The number of esters is 2. The lowest BCUT2D eigenvalue weighted by molar-refractivity contribution is -0.870. The van der Waals surface area contributed by atoms with Gasteiger partial charge in [0.15, 0.2) is 6.10 Å². The van der Waals surface area contributed by atoms with Crippen LogP contribution in [0.25, 0.3) is 0 Å². The highest BCUT2D eigenvalue weighted by molar-refractivity contribution is 5.71. The molecule has 0 fully saturated rings. The summed E-state index contributed by atoms with van der Waals surface area (Å²) >= 11 is 0. The number of rotatable bonds is 55. The monoisotopic (exact) mass is 1020 g/mol. The zero-order valence-electron chi connectivity index (χ0n) is 48.0. The van der Waals surface area contributed by atoms with Crippen LogP contribution in [0.3, 0.4) is 0 Å². The summed E-state index contributed by atoms with van der Waals surface area (Å²) < 4.78 is 22.9. The van der Waals surface area contributed by atoms with Crippen LogP contribution in [0.1, 0.15) is 258 Å². The van der Waals surface area contributed by atoms with Gasteiger partial charge in [-0.15, -0.1) is 0 Å². The van der Waals surface area contributed by atoms with Crippen molar-refractivity contribution < 1.29 is 42.9 Å².